The summed E-state index contributed by atoms with van der Waals surface area (Å²) in [6, 6.07) is 0. The van der Waals surface area contributed by atoms with E-state index in [1.807, 2.05) is 0 Å². The molecule has 0 spiro atoms. The van der Waals surface area contributed by atoms with E-state index >= 15 is 0 Å². The van der Waals surface area contributed by atoms with Gasteiger partial charge in [0.15, 0.2) is 0 Å². The lowest BCUT2D eigenvalue weighted by atomic mass is 10.2. The van der Waals surface area contributed by atoms with Gasteiger partial charge in [-0.25, -0.2) is 4.57 Å². The number of hydrogen-bond acceptors (Lipinski definition) is 5. The molecule has 78 valence electrons. The third kappa shape index (κ3) is 5.00. The molecule has 2 atom stereocenters. The molecule has 0 saturated heterocycles. The lowest BCUT2D eigenvalue weighted by Crippen LogP contribution is -2.17. The van der Waals surface area contributed by atoms with E-state index in [1.54, 1.807) is 0 Å². The van der Waals surface area contributed by atoms with Gasteiger partial charge in [-0.05, 0) is 6.92 Å². The van der Waals surface area contributed by atoms with Crippen molar-refractivity contribution in [1.29, 1.82) is 0 Å². The summed E-state index contributed by atoms with van der Waals surface area (Å²) in [6.07, 6.45) is 0. The Balaban J connectivity index is 3.89. The monoisotopic (exact) mass is 212 g/mol. The molecule has 13 heavy (non-hydrogen) atoms. The zero-order chi connectivity index (χ0) is 10.5. The van der Waals surface area contributed by atoms with Crippen LogP contribution in [-0.2, 0) is 23.1 Å². The van der Waals surface area contributed by atoms with Gasteiger partial charge in [0.1, 0.15) is 0 Å². The fourth-order valence-electron chi connectivity index (χ4n) is 0.528. The van der Waals surface area contributed by atoms with E-state index in [1.165, 1.54) is 14.0 Å². The highest BCUT2D eigenvalue weighted by Crippen LogP contribution is 2.42. The first-order valence-electron chi connectivity index (χ1n) is 3.54. The topological polar surface area (TPSA) is 82.1 Å². The van der Waals surface area contributed by atoms with Gasteiger partial charge < -0.3 is 9.63 Å². The first-order valence-corrected chi connectivity index (χ1v) is 5.03. The summed E-state index contributed by atoms with van der Waals surface area (Å²) in [4.78, 5) is 19.6. The maximum absolute atomic E-state index is 10.8. The normalized spacial score (nSPS) is 17.5. The zero-order valence-electron chi connectivity index (χ0n) is 7.72. The first kappa shape index (κ1) is 12.6. The highest BCUT2D eigenvalue weighted by Gasteiger charge is 2.22. The zero-order valence-corrected chi connectivity index (χ0v) is 8.61. The second-order valence-corrected chi connectivity index (χ2v) is 3.93. The predicted octanol–water partition coefficient (Wildman–Crippen LogP) is 0.559. The smallest absolute Gasteiger partial charge is 0.469 e. The fraction of sp³-hybridized carbons (Fsp3) is 0.833. The molecular weight excluding hydrogens is 199 g/mol. The first-order chi connectivity index (χ1) is 5.93. The van der Waals surface area contributed by atoms with Crippen molar-refractivity contribution in [1.82, 2.24) is 0 Å². The van der Waals surface area contributed by atoms with Crippen LogP contribution in [0, 0.1) is 5.92 Å². The number of carbonyl (C=O) groups is 1. The van der Waals surface area contributed by atoms with Crippen molar-refractivity contribution in [2.75, 3.05) is 20.8 Å². The van der Waals surface area contributed by atoms with Crippen LogP contribution in [0.3, 0.4) is 0 Å². The molecule has 0 saturated carbocycles. The lowest BCUT2D eigenvalue weighted by Gasteiger charge is -2.12. The van der Waals surface area contributed by atoms with Gasteiger partial charge in [0.25, 0.3) is 0 Å². The Morgan fingerprint density at radius 1 is 1.54 bits per heavy atom. The van der Waals surface area contributed by atoms with Crippen molar-refractivity contribution < 1.29 is 28.0 Å². The third-order valence-electron chi connectivity index (χ3n) is 1.32. The molecule has 0 aromatic rings. The van der Waals surface area contributed by atoms with Crippen LogP contribution >= 0.6 is 7.82 Å². The van der Waals surface area contributed by atoms with E-state index in [0.29, 0.717) is 0 Å². The van der Waals surface area contributed by atoms with Crippen molar-refractivity contribution in [3.63, 3.8) is 0 Å². The second kappa shape index (κ2) is 5.34. The number of ether oxygens (including phenoxy) is 1. The van der Waals surface area contributed by atoms with Crippen molar-refractivity contribution in [3.05, 3.63) is 0 Å². The van der Waals surface area contributed by atoms with Gasteiger partial charge in [0.2, 0.25) is 0 Å². The summed E-state index contributed by atoms with van der Waals surface area (Å²) in [7, 11) is -1.71. The van der Waals surface area contributed by atoms with Crippen LogP contribution in [0.15, 0.2) is 0 Å². The minimum absolute atomic E-state index is 0.214. The van der Waals surface area contributed by atoms with Crippen LogP contribution in [0.4, 0.5) is 0 Å². The van der Waals surface area contributed by atoms with Gasteiger partial charge in [0, 0.05) is 7.11 Å². The summed E-state index contributed by atoms with van der Waals surface area (Å²) in [5, 5.41) is 0. The van der Waals surface area contributed by atoms with Crippen LogP contribution in [0.25, 0.3) is 0 Å². The van der Waals surface area contributed by atoms with Gasteiger partial charge in [-0.15, -0.1) is 0 Å². The van der Waals surface area contributed by atoms with Crippen LogP contribution in [-0.4, -0.2) is 31.7 Å². The number of carbonyl (C=O) groups excluding carboxylic acids is 1. The number of methoxy groups -OCH3 is 1. The lowest BCUT2D eigenvalue weighted by molar-refractivity contribution is -0.145. The molecule has 0 aliphatic heterocycles. The fourth-order valence-corrected chi connectivity index (χ4v) is 1.05. The molecule has 0 aromatic heterocycles. The van der Waals surface area contributed by atoms with Gasteiger partial charge in [-0.1, -0.05) is 0 Å². The van der Waals surface area contributed by atoms with Crippen LogP contribution in [0.5, 0.6) is 0 Å². The highest BCUT2D eigenvalue weighted by atomic mass is 31.2. The minimum atomic E-state index is -3.99. The van der Waals surface area contributed by atoms with Crippen LogP contribution in [0.1, 0.15) is 6.92 Å². The molecule has 7 heteroatoms. The van der Waals surface area contributed by atoms with Crippen molar-refractivity contribution in [3.8, 4) is 0 Å². The Bertz CT molecular complexity index is 215. The standard InChI is InChI=1S/C6H13O6P/c1-5(6(7)10-2)4-12-13(8,9)11-3/h5H,4H2,1-3H3,(H,8,9). The van der Waals surface area contributed by atoms with Gasteiger partial charge in [-0.2, -0.15) is 0 Å². The Morgan fingerprint density at radius 2 is 2.08 bits per heavy atom. The molecule has 2 unspecified atom stereocenters. The SMILES string of the molecule is COC(=O)C(C)COP(=O)(O)OC. The van der Waals surface area contributed by atoms with Crippen molar-refractivity contribution >= 4 is 13.8 Å². The van der Waals surface area contributed by atoms with Gasteiger partial charge in [0.05, 0.1) is 19.6 Å². The maximum Gasteiger partial charge on any atom is 0.471 e. The van der Waals surface area contributed by atoms with E-state index in [2.05, 4.69) is 13.8 Å². The summed E-state index contributed by atoms with van der Waals surface area (Å²) in [6.45, 7) is 1.30. The molecule has 0 aliphatic rings. The average molecular weight is 212 g/mol. The van der Waals surface area contributed by atoms with Crippen molar-refractivity contribution in [2.45, 2.75) is 6.92 Å². The average Bonchev–Trinajstić information content (AvgIpc) is 2.13. The highest BCUT2D eigenvalue weighted by molar-refractivity contribution is 7.47. The number of hydrogen-bond donors (Lipinski definition) is 1. The summed E-state index contributed by atoms with van der Waals surface area (Å²) >= 11 is 0. The van der Waals surface area contributed by atoms with E-state index in [9.17, 15) is 9.36 Å². The summed E-state index contributed by atoms with van der Waals surface area (Å²) < 4.78 is 23.7. The Labute approximate surface area is 76.4 Å². The Morgan fingerprint density at radius 3 is 2.46 bits per heavy atom. The second-order valence-electron chi connectivity index (χ2n) is 2.37. The molecule has 0 aliphatic carbocycles. The maximum atomic E-state index is 10.8. The molecule has 0 radical (unpaired) electrons. The number of esters is 1. The van der Waals surface area contributed by atoms with E-state index in [-0.39, 0.29) is 6.61 Å². The quantitative estimate of drug-likeness (QED) is 0.529. The molecule has 0 fully saturated rings. The third-order valence-corrected chi connectivity index (χ3v) is 2.26. The summed E-state index contributed by atoms with van der Waals surface area (Å²) in [5.41, 5.74) is 0. The van der Waals surface area contributed by atoms with Gasteiger partial charge >= 0.3 is 13.8 Å². The predicted molar refractivity (Wildman–Crippen MR) is 44.0 cm³/mol. The van der Waals surface area contributed by atoms with E-state index < -0.39 is 19.7 Å². The van der Waals surface area contributed by atoms with E-state index in [4.69, 9.17) is 4.89 Å². The molecule has 1 N–H and O–H groups in total. The minimum Gasteiger partial charge on any atom is -0.469 e. The molecule has 0 heterocycles. The molecule has 0 rings (SSSR count). The molecule has 0 aromatic carbocycles. The molecule has 6 nitrogen and oxygen atoms in total. The van der Waals surface area contributed by atoms with Crippen LogP contribution in [0.2, 0.25) is 0 Å². The van der Waals surface area contributed by atoms with E-state index in [0.717, 1.165) is 7.11 Å². The molecular formula is C6H13O6P. The number of rotatable bonds is 5. The summed E-state index contributed by atoms with van der Waals surface area (Å²) in [5.74, 6) is -1.10. The molecule has 0 bridgehead atoms. The van der Waals surface area contributed by atoms with Crippen LogP contribution < -0.4 is 0 Å². The largest absolute Gasteiger partial charge is 0.471 e. The van der Waals surface area contributed by atoms with Gasteiger partial charge in [-0.3, -0.25) is 13.8 Å². The Hall–Kier alpha value is -0.420. The number of phosphoric ester groups is 1. The molecule has 0 amide bonds. The Kier molecular flexibility index (Phi) is 5.17. The number of phosphoric acid groups is 1. The van der Waals surface area contributed by atoms with Crippen molar-refractivity contribution in [2.24, 2.45) is 5.92 Å².